The Morgan fingerprint density at radius 3 is 2.95 bits per heavy atom. The molecule has 6 nitrogen and oxygen atoms in total. The van der Waals surface area contributed by atoms with Gasteiger partial charge in [-0.25, -0.2) is 9.31 Å². The molecule has 1 aliphatic heterocycles. The van der Waals surface area contributed by atoms with Crippen LogP contribution >= 0.6 is 0 Å². The summed E-state index contributed by atoms with van der Waals surface area (Å²) in [5.41, 5.74) is 0.754. The van der Waals surface area contributed by atoms with Crippen molar-refractivity contribution in [3.8, 4) is 5.75 Å². The summed E-state index contributed by atoms with van der Waals surface area (Å²) in [7, 11) is 0. The first-order valence-electron chi connectivity index (χ1n) is 6.19. The molecule has 2 aromatic heterocycles. The average molecular weight is 262 g/mol. The fourth-order valence-electron chi connectivity index (χ4n) is 2.19. The zero-order valence-corrected chi connectivity index (χ0v) is 10.3. The highest BCUT2D eigenvalue weighted by Crippen LogP contribution is 2.20. The SMILES string of the molecule is O=C(O)c1cnn2cc(OC3CCOCC3)ccc12. The third kappa shape index (κ3) is 2.39. The monoisotopic (exact) mass is 262 g/mol. The van der Waals surface area contributed by atoms with Crippen LogP contribution in [0.25, 0.3) is 5.52 Å². The van der Waals surface area contributed by atoms with Crippen molar-refractivity contribution in [2.45, 2.75) is 18.9 Å². The molecule has 0 unspecified atom stereocenters. The normalized spacial score (nSPS) is 16.6. The lowest BCUT2D eigenvalue weighted by Gasteiger charge is -2.23. The molecule has 0 radical (unpaired) electrons. The quantitative estimate of drug-likeness (QED) is 0.909. The summed E-state index contributed by atoms with van der Waals surface area (Å²) in [5, 5.41) is 13.0. The Labute approximate surface area is 109 Å². The number of hydrogen-bond donors (Lipinski definition) is 1. The zero-order chi connectivity index (χ0) is 13.2. The highest BCUT2D eigenvalue weighted by molar-refractivity contribution is 5.95. The number of carboxylic acid groups (broad SMARTS) is 1. The Morgan fingerprint density at radius 1 is 1.42 bits per heavy atom. The maximum Gasteiger partial charge on any atom is 0.339 e. The predicted octanol–water partition coefficient (Wildman–Crippen LogP) is 1.59. The number of ether oxygens (including phenoxy) is 2. The Hall–Kier alpha value is -2.08. The number of rotatable bonds is 3. The molecule has 19 heavy (non-hydrogen) atoms. The summed E-state index contributed by atoms with van der Waals surface area (Å²) < 4.78 is 12.6. The van der Waals surface area contributed by atoms with Crippen LogP contribution in [0.3, 0.4) is 0 Å². The second-order valence-electron chi connectivity index (χ2n) is 4.49. The van der Waals surface area contributed by atoms with E-state index in [4.69, 9.17) is 14.6 Å². The van der Waals surface area contributed by atoms with E-state index in [0.717, 1.165) is 26.1 Å². The number of hydrogen-bond acceptors (Lipinski definition) is 4. The van der Waals surface area contributed by atoms with Gasteiger partial charge in [-0.15, -0.1) is 0 Å². The molecule has 1 fully saturated rings. The minimum atomic E-state index is -0.979. The molecule has 3 rings (SSSR count). The predicted molar refractivity (Wildman–Crippen MR) is 66.6 cm³/mol. The van der Waals surface area contributed by atoms with E-state index in [9.17, 15) is 4.79 Å². The molecule has 1 saturated heterocycles. The molecule has 0 aliphatic carbocycles. The van der Waals surface area contributed by atoms with Crippen molar-refractivity contribution < 1.29 is 19.4 Å². The van der Waals surface area contributed by atoms with Gasteiger partial charge in [-0.2, -0.15) is 5.10 Å². The maximum atomic E-state index is 11.0. The Balaban J connectivity index is 1.83. The molecule has 0 bridgehead atoms. The topological polar surface area (TPSA) is 73.1 Å². The molecule has 6 heteroatoms. The van der Waals surface area contributed by atoms with Crippen LogP contribution in [-0.2, 0) is 4.74 Å². The van der Waals surface area contributed by atoms with Gasteiger partial charge in [-0.05, 0) is 12.1 Å². The van der Waals surface area contributed by atoms with Gasteiger partial charge in [-0.3, -0.25) is 0 Å². The minimum Gasteiger partial charge on any atom is -0.489 e. The number of carbonyl (C=O) groups is 1. The van der Waals surface area contributed by atoms with Gasteiger partial charge in [0.1, 0.15) is 17.4 Å². The van der Waals surface area contributed by atoms with Crippen molar-refractivity contribution in [3.63, 3.8) is 0 Å². The van der Waals surface area contributed by atoms with Gasteiger partial charge in [-0.1, -0.05) is 0 Å². The summed E-state index contributed by atoms with van der Waals surface area (Å²) >= 11 is 0. The van der Waals surface area contributed by atoms with E-state index in [2.05, 4.69) is 5.10 Å². The van der Waals surface area contributed by atoms with Crippen LogP contribution in [0, 0.1) is 0 Å². The minimum absolute atomic E-state index is 0.153. The summed E-state index contributed by atoms with van der Waals surface area (Å²) in [6.07, 6.45) is 4.95. The van der Waals surface area contributed by atoms with E-state index in [1.54, 1.807) is 18.3 Å². The lowest BCUT2D eigenvalue weighted by Crippen LogP contribution is -2.25. The summed E-state index contributed by atoms with van der Waals surface area (Å²) in [4.78, 5) is 11.0. The Bertz CT molecular complexity index is 602. The molecule has 0 spiro atoms. The molecule has 3 heterocycles. The summed E-state index contributed by atoms with van der Waals surface area (Å²) in [6, 6.07) is 3.49. The second kappa shape index (κ2) is 4.89. The van der Waals surface area contributed by atoms with Gasteiger partial charge in [0.05, 0.1) is 31.1 Å². The van der Waals surface area contributed by atoms with E-state index >= 15 is 0 Å². The number of carboxylic acids is 1. The average Bonchev–Trinajstić information content (AvgIpc) is 2.83. The number of pyridine rings is 1. The lowest BCUT2D eigenvalue weighted by molar-refractivity contribution is 0.0253. The number of fused-ring (bicyclic) bond motifs is 1. The molecule has 2 aromatic rings. The van der Waals surface area contributed by atoms with Gasteiger partial charge >= 0.3 is 5.97 Å². The number of aromatic carboxylic acids is 1. The highest BCUT2D eigenvalue weighted by Gasteiger charge is 2.16. The van der Waals surface area contributed by atoms with Gasteiger partial charge in [0.15, 0.2) is 0 Å². The molecule has 0 saturated carbocycles. The third-order valence-electron chi connectivity index (χ3n) is 3.19. The van der Waals surface area contributed by atoms with E-state index in [0.29, 0.717) is 11.3 Å². The van der Waals surface area contributed by atoms with E-state index < -0.39 is 5.97 Å². The van der Waals surface area contributed by atoms with Crippen molar-refractivity contribution in [1.82, 2.24) is 9.61 Å². The number of nitrogens with zero attached hydrogens (tertiary/aromatic N) is 2. The Morgan fingerprint density at radius 2 is 2.21 bits per heavy atom. The highest BCUT2D eigenvalue weighted by atomic mass is 16.5. The second-order valence-corrected chi connectivity index (χ2v) is 4.49. The van der Waals surface area contributed by atoms with Crippen molar-refractivity contribution in [2.75, 3.05) is 13.2 Å². The first-order chi connectivity index (χ1) is 9.24. The maximum absolute atomic E-state index is 11.0. The molecular weight excluding hydrogens is 248 g/mol. The summed E-state index contributed by atoms with van der Waals surface area (Å²) in [6.45, 7) is 1.44. The van der Waals surface area contributed by atoms with Gasteiger partial charge < -0.3 is 14.6 Å². The van der Waals surface area contributed by atoms with Crippen LogP contribution in [0.2, 0.25) is 0 Å². The summed E-state index contributed by atoms with van der Waals surface area (Å²) in [5.74, 6) is -0.285. The fourth-order valence-corrected chi connectivity index (χ4v) is 2.19. The van der Waals surface area contributed by atoms with Crippen molar-refractivity contribution in [2.24, 2.45) is 0 Å². The van der Waals surface area contributed by atoms with Gasteiger partial charge in [0, 0.05) is 12.8 Å². The first kappa shape index (κ1) is 12.0. The lowest BCUT2D eigenvalue weighted by atomic mass is 10.1. The van der Waals surface area contributed by atoms with Crippen LogP contribution < -0.4 is 4.74 Å². The van der Waals surface area contributed by atoms with Crippen LogP contribution in [0.15, 0.2) is 24.5 Å². The number of aromatic nitrogens is 2. The van der Waals surface area contributed by atoms with E-state index in [1.807, 2.05) is 0 Å². The largest absolute Gasteiger partial charge is 0.489 e. The molecule has 1 aliphatic rings. The molecule has 0 atom stereocenters. The first-order valence-corrected chi connectivity index (χ1v) is 6.19. The fraction of sp³-hybridized carbons (Fsp3) is 0.385. The van der Waals surface area contributed by atoms with Gasteiger partial charge in [0.2, 0.25) is 0 Å². The van der Waals surface area contributed by atoms with Crippen LogP contribution in [0.5, 0.6) is 5.75 Å². The molecule has 0 amide bonds. The standard InChI is InChI=1S/C13H14N2O4/c16-13(17)11-7-14-15-8-10(1-2-12(11)15)19-9-3-5-18-6-4-9/h1-2,7-9H,3-6H2,(H,16,17). The Kier molecular flexibility index (Phi) is 3.08. The molecule has 1 N–H and O–H groups in total. The molecule has 100 valence electrons. The smallest absolute Gasteiger partial charge is 0.339 e. The molecular formula is C13H14N2O4. The zero-order valence-electron chi connectivity index (χ0n) is 10.3. The van der Waals surface area contributed by atoms with Crippen molar-refractivity contribution in [3.05, 3.63) is 30.1 Å². The van der Waals surface area contributed by atoms with Crippen LogP contribution in [0.1, 0.15) is 23.2 Å². The van der Waals surface area contributed by atoms with Gasteiger partial charge in [0.25, 0.3) is 0 Å². The van der Waals surface area contributed by atoms with Crippen LogP contribution in [-0.4, -0.2) is 40.0 Å². The van der Waals surface area contributed by atoms with Crippen molar-refractivity contribution in [1.29, 1.82) is 0 Å². The van der Waals surface area contributed by atoms with E-state index in [-0.39, 0.29) is 11.7 Å². The van der Waals surface area contributed by atoms with E-state index in [1.165, 1.54) is 10.7 Å². The van der Waals surface area contributed by atoms with Crippen LogP contribution in [0.4, 0.5) is 0 Å². The van der Waals surface area contributed by atoms with Crippen molar-refractivity contribution >= 4 is 11.5 Å². The molecule has 0 aromatic carbocycles. The third-order valence-corrected chi connectivity index (χ3v) is 3.19.